The summed E-state index contributed by atoms with van der Waals surface area (Å²) in [5, 5.41) is 9.11. The number of benzene rings is 1. The number of imidazole rings is 1. The molecule has 1 aliphatic heterocycles. The second-order valence-electron chi connectivity index (χ2n) is 10.6. The van der Waals surface area contributed by atoms with Crippen molar-refractivity contribution in [1.82, 2.24) is 34.2 Å². The third-order valence-electron chi connectivity index (χ3n) is 7.31. The number of piperazine rings is 1. The highest BCUT2D eigenvalue weighted by Gasteiger charge is 2.31. The topological polar surface area (TPSA) is 88.6 Å². The van der Waals surface area contributed by atoms with E-state index in [1.807, 2.05) is 42.5 Å². The Kier molecular flexibility index (Phi) is 7.20. The number of aryl methyl sites for hydroxylation is 3. The second-order valence-corrected chi connectivity index (χ2v) is 10.6. The van der Waals surface area contributed by atoms with Gasteiger partial charge in [-0.05, 0) is 63.1 Å². The maximum Gasteiger partial charge on any atom is 0.274 e. The molecule has 2 amide bonds. The fraction of sp³-hybridized carbons (Fsp3) is 0.414. The molecule has 1 saturated heterocycles. The lowest BCUT2D eigenvalue weighted by atomic mass is 10.0. The van der Waals surface area contributed by atoms with Crippen LogP contribution in [0.25, 0.3) is 16.9 Å². The van der Waals surface area contributed by atoms with Gasteiger partial charge in [0.05, 0.1) is 17.6 Å². The summed E-state index contributed by atoms with van der Waals surface area (Å²) in [5.41, 5.74) is 5.35. The van der Waals surface area contributed by atoms with Crippen LogP contribution in [0.4, 0.5) is 4.39 Å². The summed E-state index contributed by atoms with van der Waals surface area (Å²) in [4.78, 5) is 34.7. The molecular weight excluding hydrogens is 497 g/mol. The first-order valence-electron chi connectivity index (χ1n) is 13.4. The lowest BCUT2D eigenvalue weighted by Crippen LogP contribution is -2.55. The lowest BCUT2D eigenvalue weighted by Gasteiger charge is -2.39. The SMILES string of the molecule is Cc1cc(C)n(CCC(=O)N2CCN(C(=O)c3cn4nc(-c5ccc(F)cc5)cc(C(C)C)c4n3)C[C@@H]2C)n1. The zero-order valence-electron chi connectivity index (χ0n) is 23.1. The molecule has 9 nitrogen and oxygen atoms in total. The van der Waals surface area contributed by atoms with Gasteiger partial charge in [0, 0.05) is 55.5 Å². The number of carbonyl (C=O) groups is 2. The summed E-state index contributed by atoms with van der Waals surface area (Å²) in [6.07, 6.45) is 2.03. The minimum atomic E-state index is -0.307. The molecule has 0 radical (unpaired) electrons. The van der Waals surface area contributed by atoms with Gasteiger partial charge in [-0.15, -0.1) is 0 Å². The standard InChI is InChI=1S/C29H34FN7O2/c1-18(2)24-15-25(22-6-8-23(30)9-7-22)33-37-17-26(31-28(24)37)29(39)34-12-13-35(21(5)16-34)27(38)10-11-36-20(4)14-19(3)32-36/h6-9,14-15,17-18,21H,10-13,16H2,1-5H3/t21-/m0/s1. The first-order chi connectivity index (χ1) is 18.6. The Balaban J connectivity index is 1.30. The van der Waals surface area contributed by atoms with Crippen LogP contribution in [0.1, 0.15) is 60.5 Å². The zero-order valence-corrected chi connectivity index (χ0v) is 23.1. The molecule has 1 fully saturated rings. The van der Waals surface area contributed by atoms with Gasteiger partial charge in [-0.3, -0.25) is 14.3 Å². The van der Waals surface area contributed by atoms with Gasteiger partial charge in [0.1, 0.15) is 11.5 Å². The number of hydrogen-bond acceptors (Lipinski definition) is 5. The monoisotopic (exact) mass is 531 g/mol. The minimum Gasteiger partial charge on any atom is -0.336 e. The van der Waals surface area contributed by atoms with Crippen molar-refractivity contribution >= 4 is 17.5 Å². The molecule has 10 heteroatoms. The molecule has 0 saturated carbocycles. The molecule has 1 aliphatic rings. The fourth-order valence-electron chi connectivity index (χ4n) is 5.21. The quantitative estimate of drug-likeness (QED) is 0.372. The molecule has 0 unspecified atom stereocenters. The summed E-state index contributed by atoms with van der Waals surface area (Å²) in [6.45, 7) is 11.9. The molecule has 3 aromatic heterocycles. The molecular formula is C29H34FN7O2. The number of fused-ring (bicyclic) bond motifs is 1. The molecule has 4 aromatic rings. The average Bonchev–Trinajstić information content (AvgIpc) is 3.48. The van der Waals surface area contributed by atoms with E-state index >= 15 is 0 Å². The van der Waals surface area contributed by atoms with Crippen LogP contribution < -0.4 is 0 Å². The smallest absolute Gasteiger partial charge is 0.274 e. The molecule has 0 bridgehead atoms. The van der Waals surface area contributed by atoms with Crippen LogP contribution in [0.15, 0.2) is 42.6 Å². The number of rotatable bonds is 6. The molecule has 204 valence electrons. The van der Waals surface area contributed by atoms with Gasteiger partial charge in [0.2, 0.25) is 5.91 Å². The van der Waals surface area contributed by atoms with Crippen molar-refractivity contribution in [3.05, 3.63) is 71.1 Å². The highest BCUT2D eigenvalue weighted by molar-refractivity contribution is 5.93. The number of halogens is 1. The highest BCUT2D eigenvalue weighted by Crippen LogP contribution is 2.26. The number of nitrogens with zero attached hydrogens (tertiary/aromatic N) is 7. The molecule has 39 heavy (non-hydrogen) atoms. The largest absolute Gasteiger partial charge is 0.336 e. The number of carbonyl (C=O) groups excluding carboxylic acids is 2. The van der Waals surface area contributed by atoms with Crippen LogP contribution in [-0.2, 0) is 11.3 Å². The normalized spacial score (nSPS) is 15.9. The molecule has 4 heterocycles. The van der Waals surface area contributed by atoms with E-state index in [1.165, 1.54) is 12.1 Å². The maximum absolute atomic E-state index is 13.5. The van der Waals surface area contributed by atoms with Crippen LogP contribution in [0.3, 0.4) is 0 Å². The summed E-state index contributed by atoms with van der Waals surface area (Å²) >= 11 is 0. The van der Waals surface area contributed by atoms with Crippen molar-refractivity contribution < 1.29 is 14.0 Å². The Labute approximate surface area is 227 Å². The highest BCUT2D eigenvalue weighted by atomic mass is 19.1. The first kappa shape index (κ1) is 26.5. The van der Waals surface area contributed by atoms with Crippen LogP contribution in [-0.4, -0.2) is 71.7 Å². The van der Waals surface area contributed by atoms with Gasteiger partial charge in [-0.2, -0.15) is 10.2 Å². The van der Waals surface area contributed by atoms with Crippen molar-refractivity contribution in [2.45, 2.75) is 59.5 Å². The van der Waals surface area contributed by atoms with Crippen molar-refractivity contribution in [3.63, 3.8) is 0 Å². The summed E-state index contributed by atoms with van der Waals surface area (Å²) in [6, 6.07) is 10.0. The Hall–Kier alpha value is -4.08. The third kappa shape index (κ3) is 5.41. The number of aromatic nitrogens is 5. The van der Waals surface area contributed by atoms with E-state index in [4.69, 9.17) is 0 Å². The van der Waals surface area contributed by atoms with Crippen LogP contribution >= 0.6 is 0 Å². The molecule has 0 N–H and O–H groups in total. The van der Waals surface area contributed by atoms with Crippen molar-refractivity contribution in [2.75, 3.05) is 19.6 Å². The Bertz CT molecular complexity index is 1520. The number of hydrogen-bond donors (Lipinski definition) is 0. The van der Waals surface area contributed by atoms with Gasteiger partial charge in [0.25, 0.3) is 5.91 Å². The first-order valence-corrected chi connectivity index (χ1v) is 13.4. The van der Waals surface area contributed by atoms with E-state index in [0.29, 0.717) is 49.6 Å². The van der Waals surface area contributed by atoms with E-state index in [9.17, 15) is 14.0 Å². The van der Waals surface area contributed by atoms with Crippen LogP contribution in [0.5, 0.6) is 0 Å². The van der Waals surface area contributed by atoms with E-state index in [1.54, 1.807) is 27.7 Å². The average molecular weight is 532 g/mol. The van der Waals surface area contributed by atoms with Crippen molar-refractivity contribution in [3.8, 4) is 11.3 Å². The van der Waals surface area contributed by atoms with E-state index in [-0.39, 0.29) is 29.6 Å². The van der Waals surface area contributed by atoms with Crippen molar-refractivity contribution in [1.29, 1.82) is 0 Å². The summed E-state index contributed by atoms with van der Waals surface area (Å²) in [7, 11) is 0. The Morgan fingerprint density at radius 2 is 1.82 bits per heavy atom. The van der Waals surface area contributed by atoms with Gasteiger partial charge < -0.3 is 9.80 Å². The summed E-state index contributed by atoms with van der Waals surface area (Å²) in [5.74, 6) is -0.281. The Morgan fingerprint density at radius 3 is 2.46 bits per heavy atom. The molecule has 0 aliphatic carbocycles. The van der Waals surface area contributed by atoms with Gasteiger partial charge in [-0.25, -0.2) is 13.9 Å². The molecule has 1 aromatic carbocycles. The molecule has 1 atom stereocenters. The van der Waals surface area contributed by atoms with Gasteiger partial charge in [0.15, 0.2) is 5.65 Å². The molecule has 0 spiro atoms. The summed E-state index contributed by atoms with van der Waals surface area (Å²) < 4.78 is 17.0. The molecule has 5 rings (SSSR count). The van der Waals surface area contributed by atoms with E-state index in [0.717, 1.165) is 22.5 Å². The van der Waals surface area contributed by atoms with Gasteiger partial charge >= 0.3 is 0 Å². The predicted molar refractivity (Wildman–Crippen MR) is 146 cm³/mol. The lowest BCUT2D eigenvalue weighted by molar-refractivity contribution is -0.135. The van der Waals surface area contributed by atoms with Crippen molar-refractivity contribution in [2.24, 2.45) is 0 Å². The minimum absolute atomic E-state index is 0.0639. The predicted octanol–water partition coefficient (Wildman–Crippen LogP) is 4.24. The second kappa shape index (κ2) is 10.6. The van der Waals surface area contributed by atoms with E-state index in [2.05, 4.69) is 29.0 Å². The maximum atomic E-state index is 13.5. The third-order valence-corrected chi connectivity index (χ3v) is 7.31. The van der Waals surface area contributed by atoms with Crippen LogP contribution in [0.2, 0.25) is 0 Å². The van der Waals surface area contributed by atoms with Crippen LogP contribution in [0, 0.1) is 19.7 Å². The van der Waals surface area contributed by atoms with E-state index < -0.39 is 0 Å². The fourth-order valence-corrected chi connectivity index (χ4v) is 5.21. The van der Waals surface area contributed by atoms with Gasteiger partial charge in [-0.1, -0.05) is 13.8 Å². The number of amides is 2. The zero-order chi connectivity index (χ0) is 27.8. The Morgan fingerprint density at radius 1 is 1.08 bits per heavy atom.